The number of rotatable bonds is 2. The van der Waals surface area contributed by atoms with Crippen molar-refractivity contribution in [2.75, 3.05) is 0 Å². The lowest BCUT2D eigenvalue weighted by Crippen LogP contribution is -1.96. The zero-order chi connectivity index (χ0) is 19.9. The van der Waals surface area contributed by atoms with Gasteiger partial charge < -0.3 is 0 Å². The van der Waals surface area contributed by atoms with Gasteiger partial charge in [0.25, 0.3) is 0 Å². The van der Waals surface area contributed by atoms with Gasteiger partial charge in [-0.05, 0) is 23.6 Å². The molecule has 0 aliphatic rings. The summed E-state index contributed by atoms with van der Waals surface area (Å²) in [6.45, 7) is 0. The topological polar surface area (TPSA) is 38.7 Å². The van der Waals surface area contributed by atoms with E-state index in [1.807, 2.05) is 54.7 Å². The Morgan fingerprint density at radius 3 is 2.10 bits per heavy atom. The molecule has 0 spiro atoms. The highest BCUT2D eigenvalue weighted by molar-refractivity contribution is 6.11. The fraction of sp³-hybridized carbons (Fsp3) is 0. The zero-order valence-corrected chi connectivity index (χ0v) is 16.2. The van der Waals surface area contributed by atoms with Gasteiger partial charge in [-0.2, -0.15) is 0 Å². The van der Waals surface area contributed by atoms with Crippen molar-refractivity contribution in [3.8, 4) is 22.5 Å². The second-order valence-electron chi connectivity index (χ2n) is 7.32. The zero-order valence-electron chi connectivity index (χ0n) is 16.2. The molecule has 3 heteroatoms. The molecule has 0 atom stereocenters. The molecular formula is C27H17N3. The molecule has 3 nitrogen and oxygen atoms in total. The van der Waals surface area contributed by atoms with E-state index in [9.17, 15) is 0 Å². The molecule has 2 aromatic heterocycles. The van der Waals surface area contributed by atoms with Crippen LogP contribution in [-0.2, 0) is 0 Å². The summed E-state index contributed by atoms with van der Waals surface area (Å²) >= 11 is 0. The molecule has 2 heterocycles. The van der Waals surface area contributed by atoms with Gasteiger partial charge in [0.05, 0.1) is 27.9 Å². The molecule has 140 valence electrons. The van der Waals surface area contributed by atoms with E-state index in [0.717, 1.165) is 55.2 Å². The van der Waals surface area contributed by atoms with Crippen molar-refractivity contribution in [2.45, 2.75) is 0 Å². The first-order chi connectivity index (χ1) is 14.9. The molecule has 30 heavy (non-hydrogen) atoms. The van der Waals surface area contributed by atoms with Gasteiger partial charge in [-0.25, -0.2) is 9.97 Å². The third-order valence-electron chi connectivity index (χ3n) is 5.50. The Labute approximate surface area is 173 Å². The maximum absolute atomic E-state index is 5.07. The maximum atomic E-state index is 5.07. The molecule has 0 radical (unpaired) electrons. The summed E-state index contributed by atoms with van der Waals surface area (Å²) in [5.74, 6) is 0. The van der Waals surface area contributed by atoms with Gasteiger partial charge in [0.15, 0.2) is 0 Å². The molecule has 0 unspecified atom stereocenters. The lowest BCUT2D eigenvalue weighted by molar-refractivity contribution is 1.30. The summed E-state index contributed by atoms with van der Waals surface area (Å²) in [7, 11) is 0. The maximum Gasteiger partial charge on any atom is 0.0979 e. The molecule has 6 rings (SSSR count). The Morgan fingerprint density at radius 2 is 1.27 bits per heavy atom. The van der Waals surface area contributed by atoms with E-state index in [0.29, 0.717) is 0 Å². The SMILES string of the molecule is c1ccc(-c2nc3ccccc3nc2-c2cccc3c2ccc2cccnc23)cc1. The molecule has 0 aliphatic heterocycles. The number of pyridine rings is 1. The van der Waals surface area contributed by atoms with E-state index in [1.54, 1.807) is 0 Å². The van der Waals surface area contributed by atoms with Crippen molar-refractivity contribution in [3.63, 3.8) is 0 Å². The number of benzene rings is 4. The fourth-order valence-electron chi connectivity index (χ4n) is 4.09. The first kappa shape index (κ1) is 16.8. The van der Waals surface area contributed by atoms with E-state index in [-0.39, 0.29) is 0 Å². The van der Waals surface area contributed by atoms with Crippen LogP contribution < -0.4 is 0 Å². The van der Waals surface area contributed by atoms with E-state index >= 15 is 0 Å². The summed E-state index contributed by atoms with van der Waals surface area (Å²) < 4.78 is 0. The molecular weight excluding hydrogens is 366 g/mol. The van der Waals surface area contributed by atoms with Gasteiger partial charge in [-0.1, -0.05) is 78.9 Å². The number of para-hydroxylation sites is 2. The predicted molar refractivity (Wildman–Crippen MR) is 123 cm³/mol. The number of hydrogen-bond acceptors (Lipinski definition) is 3. The highest BCUT2D eigenvalue weighted by Gasteiger charge is 2.16. The molecule has 0 amide bonds. The van der Waals surface area contributed by atoms with Crippen LogP contribution in [0.25, 0.3) is 55.2 Å². The van der Waals surface area contributed by atoms with E-state index in [2.05, 4.69) is 53.5 Å². The van der Waals surface area contributed by atoms with Gasteiger partial charge >= 0.3 is 0 Å². The van der Waals surface area contributed by atoms with Crippen LogP contribution in [0.4, 0.5) is 0 Å². The summed E-state index contributed by atoms with van der Waals surface area (Å²) in [5.41, 5.74) is 6.70. The van der Waals surface area contributed by atoms with Gasteiger partial charge in [-0.15, -0.1) is 0 Å². The van der Waals surface area contributed by atoms with Crippen LogP contribution in [0.3, 0.4) is 0 Å². The molecule has 0 saturated heterocycles. The van der Waals surface area contributed by atoms with E-state index < -0.39 is 0 Å². The molecule has 0 aliphatic carbocycles. The quantitative estimate of drug-likeness (QED) is 0.314. The van der Waals surface area contributed by atoms with Crippen LogP contribution in [0.5, 0.6) is 0 Å². The van der Waals surface area contributed by atoms with Crippen molar-refractivity contribution >= 4 is 32.7 Å². The van der Waals surface area contributed by atoms with Crippen LogP contribution in [-0.4, -0.2) is 15.0 Å². The smallest absolute Gasteiger partial charge is 0.0979 e. The van der Waals surface area contributed by atoms with Crippen molar-refractivity contribution in [3.05, 3.63) is 103 Å². The Bertz CT molecular complexity index is 1540. The molecule has 0 saturated carbocycles. The lowest BCUT2D eigenvalue weighted by atomic mass is 9.96. The monoisotopic (exact) mass is 383 g/mol. The van der Waals surface area contributed by atoms with Crippen LogP contribution in [0, 0.1) is 0 Å². The third kappa shape index (κ3) is 2.64. The highest BCUT2D eigenvalue weighted by atomic mass is 14.8. The number of aromatic nitrogens is 3. The van der Waals surface area contributed by atoms with Gasteiger partial charge in [0.2, 0.25) is 0 Å². The second-order valence-corrected chi connectivity index (χ2v) is 7.32. The molecule has 0 bridgehead atoms. The predicted octanol–water partition coefficient (Wildman–Crippen LogP) is 6.67. The average molecular weight is 383 g/mol. The summed E-state index contributed by atoms with van der Waals surface area (Å²) in [4.78, 5) is 14.7. The summed E-state index contributed by atoms with van der Waals surface area (Å²) in [6, 6.07) is 33.0. The van der Waals surface area contributed by atoms with Crippen LogP contribution in [0.2, 0.25) is 0 Å². The Balaban J connectivity index is 1.72. The summed E-state index contributed by atoms with van der Waals surface area (Å²) in [6.07, 6.45) is 1.85. The fourth-order valence-corrected chi connectivity index (χ4v) is 4.09. The normalized spacial score (nSPS) is 11.3. The van der Waals surface area contributed by atoms with E-state index in [4.69, 9.17) is 9.97 Å². The minimum atomic E-state index is 0.890. The van der Waals surface area contributed by atoms with Gasteiger partial charge in [0.1, 0.15) is 0 Å². The van der Waals surface area contributed by atoms with Crippen molar-refractivity contribution in [2.24, 2.45) is 0 Å². The molecule has 6 aromatic rings. The first-order valence-corrected chi connectivity index (χ1v) is 9.97. The van der Waals surface area contributed by atoms with Gasteiger partial charge in [-0.3, -0.25) is 4.98 Å². The Hall–Kier alpha value is -4.11. The molecule has 0 N–H and O–H groups in total. The summed E-state index contributed by atoms with van der Waals surface area (Å²) in [5, 5.41) is 3.39. The number of hydrogen-bond donors (Lipinski definition) is 0. The van der Waals surface area contributed by atoms with Gasteiger partial charge in [0, 0.05) is 28.1 Å². The Morgan fingerprint density at radius 1 is 0.500 bits per heavy atom. The van der Waals surface area contributed by atoms with Crippen LogP contribution in [0.15, 0.2) is 103 Å². The minimum Gasteiger partial charge on any atom is -0.256 e. The van der Waals surface area contributed by atoms with Crippen molar-refractivity contribution in [1.82, 2.24) is 15.0 Å². The number of nitrogens with zero attached hydrogens (tertiary/aromatic N) is 3. The Kier molecular flexibility index (Phi) is 3.78. The van der Waals surface area contributed by atoms with E-state index in [1.165, 1.54) is 0 Å². The van der Waals surface area contributed by atoms with Crippen molar-refractivity contribution in [1.29, 1.82) is 0 Å². The minimum absolute atomic E-state index is 0.890. The highest BCUT2D eigenvalue weighted by Crippen LogP contribution is 2.36. The van der Waals surface area contributed by atoms with Crippen molar-refractivity contribution < 1.29 is 0 Å². The molecule has 4 aromatic carbocycles. The molecule has 0 fully saturated rings. The first-order valence-electron chi connectivity index (χ1n) is 9.97. The average Bonchev–Trinajstić information content (AvgIpc) is 2.83. The second kappa shape index (κ2) is 6.75. The van der Waals surface area contributed by atoms with Crippen LogP contribution in [0.1, 0.15) is 0 Å². The largest absolute Gasteiger partial charge is 0.256 e. The lowest BCUT2D eigenvalue weighted by Gasteiger charge is -2.13. The third-order valence-corrected chi connectivity index (χ3v) is 5.50. The standard InChI is InChI=1S/C27H17N3/c1-2-8-18(9-3-1)26-27(30-24-14-5-4-13-23(24)29-26)22-12-6-11-21-20(22)16-15-19-10-7-17-28-25(19)21/h1-17H. The van der Waals surface area contributed by atoms with Crippen LogP contribution >= 0.6 is 0 Å². The number of fused-ring (bicyclic) bond motifs is 4.